The van der Waals surface area contributed by atoms with E-state index >= 15 is 0 Å². The number of likely N-dealkylation sites (tertiary alicyclic amines) is 1. The number of hydrogen-bond acceptors (Lipinski definition) is 4. The van der Waals surface area contributed by atoms with Gasteiger partial charge in [0.15, 0.2) is 6.54 Å². The molecule has 30 heavy (non-hydrogen) atoms. The molecule has 2 aromatic rings. The van der Waals surface area contributed by atoms with Crippen LogP contribution in [0.25, 0.3) is 0 Å². The Bertz CT molecular complexity index is 834. The number of thiophene rings is 1. The van der Waals surface area contributed by atoms with E-state index in [4.69, 9.17) is 9.47 Å². The summed E-state index contributed by atoms with van der Waals surface area (Å²) in [6.45, 7) is 6.49. The molecule has 0 spiro atoms. The number of hydrogen-bond donors (Lipinski definition) is 2. The van der Waals surface area contributed by atoms with Gasteiger partial charge in [-0.05, 0) is 23.6 Å². The molecule has 0 radical (unpaired) electrons. The number of rotatable bonds is 7. The predicted octanol–water partition coefficient (Wildman–Crippen LogP) is 0.412. The topological polar surface area (TPSA) is 47.7 Å². The molecule has 2 aliphatic rings. The second kappa shape index (κ2) is 9.81. The molecule has 0 saturated carbocycles. The molecule has 0 bridgehead atoms. The van der Waals surface area contributed by atoms with Gasteiger partial charge in [-0.2, -0.15) is 0 Å². The number of carbonyl (C=O) groups is 1. The Labute approximate surface area is 183 Å². The molecule has 1 aromatic carbocycles. The lowest BCUT2D eigenvalue weighted by Crippen LogP contribution is -3.14. The lowest BCUT2D eigenvalue weighted by atomic mass is 10.0. The maximum atomic E-state index is 13.1. The van der Waals surface area contributed by atoms with Crippen molar-refractivity contribution in [1.29, 1.82) is 0 Å². The molecule has 2 aliphatic heterocycles. The SMILES string of the molecule is COc1ccc([C@H]2CCC[NH+]2CC(=O)N2CC[NH+](Cc3cccs3)CC2)c(OC)c1. The highest BCUT2D eigenvalue weighted by Crippen LogP contribution is 2.31. The molecule has 3 heterocycles. The van der Waals surface area contributed by atoms with Crippen LogP contribution < -0.4 is 19.3 Å². The molecule has 2 atom stereocenters. The van der Waals surface area contributed by atoms with Crippen LogP contribution in [-0.4, -0.2) is 64.3 Å². The van der Waals surface area contributed by atoms with Gasteiger partial charge < -0.3 is 24.2 Å². The number of carbonyl (C=O) groups excluding carboxylic acids is 1. The van der Waals surface area contributed by atoms with Gasteiger partial charge in [0.25, 0.3) is 5.91 Å². The van der Waals surface area contributed by atoms with Gasteiger partial charge in [0.05, 0.1) is 57.4 Å². The minimum absolute atomic E-state index is 0.291. The highest BCUT2D eigenvalue weighted by molar-refractivity contribution is 7.09. The van der Waals surface area contributed by atoms with Crippen molar-refractivity contribution in [3.8, 4) is 11.5 Å². The third-order valence-corrected chi connectivity index (χ3v) is 7.38. The van der Waals surface area contributed by atoms with Gasteiger partial charge >= 0.3 is 0 Å². The molecular weight excluding hydrogens is 398 g/mol. The van der Waals surface area contributed by atoms with Gasteiger partial charge in [-0.25, -0.2) is 0 Å². The van der Waals surface area contributed by atoms with Crippen LogP contribution in [0.1, 0.15) is 29.3 Å². The minimum atomic E-state index is 0.291. The molecule has 6 nitrogen and oxygen atoms in total. The minimum Gasteiger partial charge on any atom is -0.497 e. The summed E-state index contributed by atoms with van der Waals surface area (Å²) in [5.41, 5.74) is 1.18. The van der Waals surface area contributed by atoms with Gasteiger partial charge in [-0.15, -0.1) is 11.3 Å². The lowest BCUT2D eigenvalue weighted by Gasteiger charge is -2.33. The Hall–Kier alpha value is -2.09. The van der Waals surface area contributed by atoms with E-state index in [9.17, 15) is 4.79 Å². The molecule has 162 valence electrons. The van der Waals surface area contributed by atoms with Gasteiger partial charge in [0, 0.05) is 18.9 Å². The fourth-order valence-corrected chi connectivity index (χ4v) is 5.60. The van der Waals surface area contributed by atoms with Gasteiger partial charge in [0.2, 0.25) is 0 Å². The summed E-state index contributed by atoms with van der Waals surface area (Å²) in [7, 11) is 3.37. The second-order valence-electron chi connectivity index (χ2n) is 8.27. The molecule has 2 fully saturated rings. The molecule has 0 aliphatic carbocycles. The van der Waals surface area contributed by atoms with Crippen molar-refractivity contribution in [2.45, 2.75) is 25.4 Å². The predicted molar refractivity (Wildman–Crippen MR) is 118 cm³/mol. The molecule has 1 aromatic heterocycles. The number of amides is 1. The van der Waals surface area contributed by atoms with E-state index in [-0.39, 0.29) is 0 Å². The van der Waals surface area contributed by atoms with E-state index in [1.807, 2.05) is 23.5 Å². The molecule has 2 saturated heterocycles. The van der Waals surface area contributed by atoms with Crippen molar-refractivity contribution < 1.29 is 24.1 Å². The Balaban J connectivity index is 1.34. The van der Waals surface area contributed by atoms with Crippen LogP contribution in [0.15, 0.2) is 35.7 Å². The summed E-state index contributed by atoms with van der Waals surface area (Å²) >= 11 is 1.83. The third-order valence-electron chi connectivity index (χ3n) is 6.51. The normalized spacial score (nSPS) is 22.3. The van der Waals surface area contributed by atoms with Crippen molar-refractivity contribution in [1.82, 2.24) is 4.90 Å². The van der Waals surface area contributed by atoms with Crippen LogP contribution in [0.5, 0.6) is 11.5 Å². The van der Waals surface area contributed by atoms with E-state index in [0.717, 1.165) is 63.6 Å². The van der Waals surface area contributed by atoms with Gasteiger partial charge in [-0.3, -0.25) is 4.79 Å². The summed E-state index contributed by atoms with van der Waals surface area (Å²) in [5, 5.41) is 2.14. The zero-order chi connectivity index (χ0) is 20.9. The average Bonchev–Trinajstić information content (AvgIpc) is 3.46. The van der Waals surface area contributed by atoms with E-state index in [1.165, 1.54) is 15.3 Å². The number of nitrogens with zero attached hydrogens (tertiary/aromatic N) is 1. The van der Waals surface area contributed by atoms with E-state index < -0.39 is 0 Å². The summed E-state index contributed by atoms with van der Waals surface area (Å²) in [4.78, 5) is 19.5. The summed E-state index contributed by atoms with van der Waals surface area (Å²) in [5.74, 6) is 1.95. The molecular formula is C23H33N3O3S+2. The summed E-state index contributed by atoms with van der Waals surface area (Å²) in [6.07, 6.45) is 2.23. The fourth-order valence-electron chi connectivity index (χ4n) is 4.82. The quantitative estimate of drug-likeness (QED) is 0.668. The smallest absolute Gasteiger partial charge is 0.278 e. The standard InChI is InChI=1S/C23H31N3O3S/c1-28-18-7-8-20(22(15-18)29-2)21-6-3-9-26(21)17-23(27)25-12-10-24(11-13-25)16-19-5-4-14-30-19/h4-5,7-8,14-15,21H,3,6,9-13,16-17H2,1-2H3/p+2/t21-/m1/s1. The number of quaternary nitrogens is 2. The first-order valence-corrected chi connectivity index (χ1v) is 11.8. The van der Waals surface area contributed by atoms with Crippen molar-refractivity contribution in [3.05, 3.63) is 46.2 Å². The Morgan fingerprint density at radius 3 is 2.70 bits per heavy atom. The van der Waals surface area contributed by atoms with Crippen LogP contribution in [0.3, 0.4) is 0 Å². The number of piperazine rings is 1. The largest absolute Gasteiger partial charge is 0.497 e. The van der Waals surface area contributed by atoms with E-state index in [2.05, 4.69) is 28.5 Å². The van der Waals surface area contributed by atoms with Crippen molar-refractivity contribution in [2.24, 2.45) is 0 Å². The molecule has 4 rings (SSSR count). The lowest BCUT2D eigenvalue weighted by molar-refractivity contribution is -0.918. The van der Waals surface area contributed by atoms with Crippen molar-refractivity contribution in [2.75, 3.05) is 53.5 Å². The molecule has 1 amide bonds. The van der Waals surface area contributed by atoms with E-state index in [0.29, 0.717) is 18.5 Å². The Morgan fingerprint density at radius 2 is 2.00 bits per heavy atom. The Kier molecular flexibility index (Phi) is 6.92. The first-order valence-electron chi connectivity index (χ1n) is 10.9. The van der Waals surface area contributed by atoms with Gasteiger partial charge in [0.1, 0.15) is 24.1 Å². The monoisotopic (exact) mass is 431 g/mol. The summed E-state index contributed by atoms with van der Waals surface area (Å²) in [6, 6.07) is 10.7. The summed E-state index contributed by atoms with van der Waals surface area (Å²) < 4.78 is 11.0. The highest BCUT2D eigenvalue weighted by atomic mass is 32.1. The van der Waals surface area contributed by atoms with Crippen LogP contribution >= 0.6 is 11.3 Å². The third kappa shape index (κ3) is 4.79. The second-order valence-corrected chi connectivity index (χ2v) is 9.31. The zero-order valence-electron chi connectivity index (χ0n) is 18.0. The molecule has 1 unspecified atom stereocenters. The van der Waals surface area contributed by atoms with E-state index in [1.54, 1.807) is 19.1 Å². The van der Waals surface area contributed by atoms with Crippen LogP contribution in [-0.2, 0) is 11.3 Å². The number of nitrogens with one attached hydrogen (secondary N) is 2. The zero-order valence-corrected chi connectivity index (χ0v) is 18.8. The number of methoxy groups -OCH3 is 2. The van der Waals surface area contributed by atoms with Crippen LogP contribution in [0, 0.1) is 0 Å². The maximum absolute atomic E-state index is 13.1. The van der Waals surface area contributed by atoms with Crippen LogP contribution in [0.2, 0.25) is 0 Å². The number of benzene rings is 1. The first-order chi connectivity index (χ1) is 14.7. The fraction of sp³-hybridized carbons (Fsp3) is 0.522. The van der Waals surface area contributed by atoms with Crippen LogP contribution in [0.4, 0.5) is 0 Å². The first kappa shape index (κ1) is 21.2. The average molecular weight is 432 g/mol. The van der Waals surface area contributed by atoms with Crippen molar-refractivity contribution in [3.63, 3.8) is 0 Å². The number of ether oxygens (including phenoxy) is 2. The van der Waals surface area contributed by atoms with Gasteiger partial charge in [-0.1, -0.05) is 6.07 Å². The maximum Gasteiger partial charge on any atom is 0.278 e. The Morgan fingerprint density at radius 1 is 1.17 bits per heavy atom. The molecule has 2 N–H and O–H groups in total. The highest BCUT2D eigenvalue weighted by Gasteiger charge is 2.35. The molecule has 7 heteroatoms. The van der Waals surface area contributed by atoms with Crippen molar-refractivity contribution >= 4 is 17.2 Å².